The molecule has 1 aromatic rings. The summed E-state index contributed by atoms with van der Waals surface area (Å²) in [5, 5.41) is 9.70. The van der Waals surface area contributed by atoms with Gasteiger partial charge in [0.25, 0.3) is 0 Å². The van der Waals surface area contributed by atoms with Gasteiger partial charge >= 0.3 is 0 Å². The van der Waals surface area contributed by atoms with Crippen LogP contribution in [0.3, 0.4) is 0 Å². The summed E-state index contributed by atoms with van der Waals surface area (Å²) in [5.74, 6) is 0. The average molecular weight is 221 g/mol. The molecule has 2 nitrogen and oxygen atoms in total. The van der Waals surface area contributed by atoms with Gasteiger partial charge in [0.05, 0.1) is 5.60 Å². The lowest BCUT2D eigenvalue weighted by atomic mass is 10.1. The van der Waals surface area contributed by atoms with Crippen molar-refractivity contribution >= 4 is 5.69 Å². The highest BCUT2D eigenvalue weighted by molar-refractivity contribution is 5.50. The largest absolute Gasteiger partial charge is 0.390 e. The van der Waals surface area contributed by atoms with E-state index >= 15 is 0 Å². The molecule has 2 heteroatoms. The molecule has 0 aromatic heterocycles. The minimum absolute atomic E-state index is 0.590. The van der Waals surface area contributed by atoms with E-state index in [4.69, 9.17) is 0 Å². The van der Waals surface area contributed by atoms with Gasteiger partial charge in [-0.2, -0.15) is 0 Å². The van der Waals surface area contributed by atoms with Crippen molar-refractivity contribution in [1.82, 2.24) is 0 Å². The van der Waals surface area contributed by atoms with Crippen LogP contribution in [0.2, 0.25) is 0 Å². The van der Waals surface area contributed by atoms with Gasteiger partial charge in [-0.3, -0.25) is 0 Å². The summed E-state index contributed by atoms with van der Waals surface area (Å²) in [6.45, 7) is 8.79. The highest BCUT2D eigenvalue weighted by Crippen LogP contribution is 2.19. The molecule has 0 heterocycles. The van der Waals surface area contributed by atoms with Gasteiger partial charge in [-0.05, 0) is 57.4 Å². The highest BCUT2D eigenvalue weighted by atomic mass is 16.3. The highest BCUT2D eigenvalue weighted by Gasteiger charge is 2.13. The van der Waals surface area contributed by atoms with E-state index in [2.05, 4.69) is 44.0 Å². The first kappa shape index (κ1) is 13.0. The number of hydrogen-bond donors (Lipinski definition) is 1. The van der Waals surface area contributed by atoms with Gasteiger partial charge in [0, 0.05) is 19.3 Å². The van der Waals surface area contributed by atoms with Crippen LogP contribution >= 0.6 is 0 Å². The zero-order chi connectivity index (χ0) is 12.3. The van der Waals surface area contributed by atoms with Gasteiger partial charge in [0.15, 0.2) is 0 Å². The van der Waals surface area contributed by atoms with Gasteiger partial charge in [0.2, 0.25) is 0 Å². The first-order valence-electron chi connectivity index (χ1n) is 5.80. The normalized spacial score (nSPS) is 11.6. The summed E-state index contributed by atoms with van der Waals surface area (Å²) < 4.78 is 0. The lowest BCUT2D eigenvalue weighted by Crippen LogP contribution is -2.28. The molecule has 0 bridgehead atoms. The van der Waals surface area contributed by atoms with E-state index < -0.39 is 5.60 Å². The molecule has 0 radical (unpaired) electrons. The Hall–Kier alpha value is -1.02. The molecule has 1 N–H and O–H groups in total. The van der Waals surface area contributed by atoms with Gasteiger partial charge in [-0.1, -0.05) is 6.07 Å². The predicted molar refractivity (Wildman–Crippen MR) is 70.1 cm³/mol. The molecule has 1 aromatic carbocycles. The minimum Gasteiger partial charge on any atom is -0.390 e. The van der Waals surface area contributed by atoms with Crippen molar-refractivity contribution in [3.63, 3.8) is 0 Å². The van der Waals surface area contributed by atoms with E-state index in [1.807, 2.05) is 13.8 Å². The van der Waals surface area contributed by atoms with Crippen LogP contribution in [-0.2, 0) is 0 Å². The molecular formula is C14H23NO. The third kappa shape index (κ3) is 4.23. The lowest BCUT2D eigenvalue weighted by Gasteiger charge is -2.25. The molecule has 0 saturated heterocycles. The Morgan fingerprint density at radius 3 is 2.06 bits per heavy atom. The Bertz CT molecular complexity index is 332. The van der Waals surface area contributed by atoms with Crippen molar-refractivity contribution in [2.45, 2.75) is 39.7 Å². The van der Waals surface area contributed by atoms with Gasteiger partial charge < -0.3 is 10.0 Å². The van der Waals surface area contributed by atoms with Crippen molar-refractivity contribution in [2.24, 2.45) is 0 Å². The van der Waals surface area contributed by atoms with Gasteiger partial charge in [-0.15, -0.1) is 0 Å². The Morgan fingerprint density at radius 2 is 1.62 bits per heavy atom. The maximum atomic E-state index is 9.70. The van der Waals surface area contributed by atoms with Crippen molar-refractivity contribution in [3.8, 4) is 0 Å². The number of rotatable bonds is 4. The number of nitrogens with zero attached hydrogens (tertiary/aromatic N) is 1. The molecule has 0 aliphatic carbocycles. The van der Waals surface area contributed by atoms with Crippen LogP contribution in [0, 0.1) is 13.8 Å². The molecule has 0 aliphatic rings. The van der Waals surface area contributed by atoms with E-state index in [9.17, 15) is 5.11 Å². The van der Waals surface area contributed by atoms with Crippen LogP contribution in [0.5, 0.6) is 0 Å². The third-order valence-corrected chi connectivity index (χ3v) is 2.71. The molecule has 0 atom stereocenters. The predicted octanol–water partition coefficient (Wildman–Crippen LogP) is 2.90. The molecular weight excluding hydrogens is 198 g/mol. The average Bonchev–Trinajstić information content (AvgIpc) is 2.11. The second kappa shape index (κ2) is 4.88. The van der Waals surface area contributed by atoms with Crippen molar-refractivity contribution < 1.29 is 5.11 Å². The number of aryl methyl sites for hydroxylation is 2. The van der Waals surface area contributed by atoms with Crippen LogP contribution in [0.1, 0.15) is 31.4 Å². The molecule has 90 valence electrons. The van der Waals surface area contributed by atoms with E-state index in [1.165, 1.54) is 16.8 Å². The second-order valence-corrected chi connectivity index (χ2v) is 5.33. The standard InChI is InChI=1S/C14H23NO/c1-11-8-12(2)10-13(9-11)15(5)7-6-14(3,4)16/h8-10,16H,6-7H2,1-5H3. The van der Waals surface area contributed by atoms with E-state index in [-0.39, 0.29) is 0 Å². The molecule has 0 spiro atoms. The Labute approximate surface area is 98.9 Å². The van der Waals surface area contributed by atoms with E-state index in [1.54, 1.807) is 0 Å². The lowest BCUT2D eigenvalue weighted by molar-refractivity contribution is 0.0734. The fraction of sp³-hybridized carbons (Fsp3) is 0.571. The number of hydrogen-bond acceptors (Lipinski definition) is 2. The van der Waals surface area contributed by atoms with Crippen LogP contribution in [0.4, 0.5) is 5.69 Å². The first-order valence-corrected chi connectivity index (χ1v) is 5.80. The van der Waals surface area contributed by atoms with Crippen LogP contribution in [0.25, 0.3) is 0 Å². The first-order chi connectivity index (χ1) is 7.28. The van der Waals surface area contributed by atoms with E-state index in [0.29, 0.717) is 0 Å². The van der Waals surface area contributed by atoms with Crippen molar-refractivity contribution in [2.75, 3.05) is 18.5 Å². The summed E-state index contributed by atoms with van der Waals surface area (Å²) in [4.78, 5) is 2.19. The quantitative estimate of drug-likeness (QED) is 0.845. The van der Waals surface area contributed by atoms with Crippen molar-refractivity contribution in [3.05, 3.63) is 29.3 Å². The Morgan fingerprint density at radius 1 is 1.12 bits per heavy atom. The van der Waals surface area contributed by atoms with Crippen LogP contribution in [0.15, 0.2) is 18.2 Å². The maximum absolute atomic E-state index is 9.70. The van der Waals surface area contributed by atoms with Crippen LogP contribution in [-0.4, -0.2) is 24.3 Å². The van der Waals surface area contributed by atoms with Gasteiger partial charge in [0.1, 0.15) is 0 Å². The molecule has 1 rings (SSSR count). The monoisotopic (exact) mass is 221 g/mol. The van der Waals surface area contributed by atoms with Crippen molar-refractivity contribution in [1.29, 1.82) is 0 Å². The summed E-state index contributed by atoms with van der Waals surface area (Å²) in [7, 11) is 2.07. The van der Waals surface area contributed by atoms with Crippen LogP contribution < -0.4 is 4.90 Å². The summed E-state index contributed by atoms with van der Waals surface area (Å²) in [6.07, 6.45) is 0.774. The second-order valence-electron chi connectivity index (χ2n) is 5.33. The Kier molecular flexibility index (Phi) is 3.98. The Balaban J connectivity index is 2.69. The molecule has 0 aliphatic heterocycles. The number of anilines is 1. The van der Waals surface area contributed by atoms with E-state index in [0.717, 1.165) is 13.0 Å². The molecule has 0 fully saturated rings. The molecule has 0 saturated carbocycles. The minimum atomic E-state index is -0.590. The molecule has 16 heavy (non-hydrogen) atoms. The number of benzene rings is 1. The SMILES string of the molecule is Cc1cc(C)cc(N(C)CCC(C)(C)O)c1. The fourth-order valence-electron chi connectivity index (χ4n) is 1.74. The smallest absolute Gasteiger partial charge is 0.0608 e. The maximum Gasteiger partial charge on any atom is 0.0608 e. The molecule has 0 unspecified atom stereocenters. The third-order valence-electron chi connectivity index (χ3n) is 2.71. The van der Waals surface area contributed by atoms with Gasteiger partial charge in [-0.25, -0.2) is 0 Å². The summed E-state index contributed by atoms with van der Waals surface area (Å²) >= 11 is 0. The zero-order valence-electron chi connectivity index (χ0n) is 11.0. The summed E-state index contributed by atoms with van der Waals surface area (Å²) in [5.41, 5.74) is 3.20. The fourth-order valence-corrected chi connectivity index (χ4v) is 1.74. The number of aliphatic hydroxyl groups is 1. The zero-order valence-corrected chi connectivity index (χ0v) is 11.0. The molecule has 0 amide bonds. The topological polar surface area (TPSA) is 23.5 Å². The summed E-state index contributed by atoms with van der Waals surface area (Å²) in [6, 6.07) is 6.53.